The van der Waals surface area contributed by atoms with Crippen LogP contribution >= 0.6 is 46.5 Å². The molecular formula is C54H99O6PS3. The molecule has 0 aromatic rings. The van der Waals surface area contributed by atoms with Gasteiger partial charge in [0.1, 0.15) is 0 Å². The lowest BCUT2D eigenvalue weighted by Gasteiger charge is -2.02. The molecule has 6 N–H and O–H groups in total. The van der Waals surface area contributed by atoms with Crippen molar-refractivity contribution in [3.05, 3.63) is 109 Å². The molecule has 0 heterocycles. The third-order valence-electron chi connectivity index (χ3n) is 9.34. The highest BCUT2D eigenvalue weighted by molar-refractivity contribution is 7.81. The summed E-state index contributed by atoms with van der Waals surface area (Å²) >= 11 is 11.9. The van der Waals surface area contributed by atoms with Crippen LogP contribution in [0.5, 0.6) is 0 Å². The largest absolute Gasteiger partial charge is 0.383 e. The molecule has 0 aliphatic rings. The van der Waals surface area contributed by atoms with E-state index >= 15 is 0 Å². The van der Waals surface area contributed by atoms with Gasteiger partial charge in [-0.1, -0.05) is 207 Å². The third-order valence-corrected chi connectivity index (χ3v) is 10.1. The highest BCUT2D eigenvalue weighted by Crippen LogP contribution is 2.13. The van der Waals surface area contributed by atoms with Crippen molar-refractivity contribution in [1.29, 1.82) is 0 Å². The summed E-state index contributed by atoms with van der Waals surface area (Å²) in [6.07, 6.45) is 74.6. The van der Waals surface area contributed by atoms with Crippen molar-refractivity contribution >= 4 is 46.5 Å². The van der Waals surface area contributed by atoms with E-state index in [0.717, 1.165) is 96.3 Å². The van der Waals surface area contributed by atoms with Crippen LogP contribution in [0.3, 0.4) is 0 Å². The number of unbranched alkanes of at least 4 members (excludes halogenated alkanes) is 15. The van der Waals surface area contributed by atoms with E-state index in [1.54, 1.807) is 0 Å². The quantitative estimate of drug-likeness (QED) is 0.00995. The Morgan fingerprint density at radius 2 is 0.469 bits per heavy atom. The summed E-state index contributed by atoms with van der Waals surface area (Å²) in [5.41, 5.74) is -1.28. The van der Waals surface area contributed by atoms with Gasteiger partial charge in [0.25, 0.3) is 0 Å². The first kappa shape index (κ1) is 69.5. The molecule has 0 rings (SSSR count). The lowest BCUT2D eigenvalue weighted by molar-refractivity contribution is 0.249. The summed E-state index contributed by atoms with van der Waals surface area (Å²) in [5.74, 6) is 0. The van der Waals surface area contributed by atoms with Crippen LogP contribution in [0.1, 0.15) is 213 Å². The summed E-state index contributed by atoms with van der Waals surface area (Å²) in [4.78, 5) is 21.7. The maximum atomic E-state index is 9.00. The van der Waals surface area contributed by atoms with Gasteiger partial charge < -0.3 is 30.0 Å². The molecule has 0 aromatic heterocycles. The molecule has 0 saturated heterocycles. The molecular weight excluding hydrogens is 872 g/mol. The Bertz CT molecular complexity index is 994. The number of aliphatic hydroxyl groups excluding tert-OH is 3. The number of allylic oxidation sites excluding steroid dienone is 18. The first-order valence-corrected chi connectivity index (χ1v) is 27.6. The standard InChI is InChI=1S/3C18H32OS.H3O3P/c3*1-2-3-4-5-6-7-8-9-10-11-12-13-14-15-16-17-18(19)20;1-4(2)3/h3*3-4,6-7,9-10,18-20H,2,5,8,11-17H2,1H3;1-3H/b3*4-3-,7-6-,10-9-;. The van der Waals surface area contributed by atoms with Gasteiger partial charge in [-0.2, -0.15) is 0 Å². The molecule has 6 nitrogen and oxygen atoms in total. The van der Waals surface area contributed by atoms with Gasteiger partial charge in [0, 0.05) is 0 Å². The maximum absolute atomic E-state index is 9.00. The minimum absolute atomic E-state index is 0.427. The molecule has 0 aliphatic heterocycles. The van der Waals surface area contributed by atoms with Crippen LogP contribution in [0.4, 0.5) is 0 Å². The van der Waals surface area contributed by atoms with Crippen molar-refractivity contribution in [3.8, 4) is 0 Å². The minimum Gasteiger partial charge on any atom is -0.383 e. The first-order valence-electron chi connectivity index (χ1n) is 24.8. The minimum atomic E-state index is -2.62. The number of rotatable bonds is 39. The normalized spacial score (nSPS) is 13.6. The second-order valence-electron chi connectivity index (χ2n) is 15.6. The second kappa shape index (κ2) is 66.2. The number of thiol groups is 3. The molecule has 0 radical (unpaired) electrons. The summed E-state index contributed by atoms with van der Waals surface area (Å²) in [6, 6.07) is 0. The van der Waals surface area contributed by atoms with Crippen molar-refractivity contribution in [3.63, 3.8) is 0 Å². The molecule has 0 fully saturated rings. The predicted molar refractivity (Wildman–Crippen MR) is 296 cm³/mol. The van der Waals surface area contributed by atoms with E-state index in [4.69, 9.17) is 30.0 Å². The lowest BCUT2D eigenvalue weighted by atomic mass is 10.1. The Morgan fingerprint density at radius 3 is 0.672 bits per heavy atom. The van der Waals surface area contributed by atoms with Crippen LogP contribution in [0.15, 0.2) is 109 Å². The summed E-state index contributed by atoms with van der Waals surface area (Å²) in [7, 11) is -2.62. The Balaban J connectivity index is -0.000000404. The van der Waals surface area contributed by atoms with E-state index < -0.39 is 24.9 Å². The van der Waals surface area contributed by atoms with Gasteiger partial charge in [-0.05, 0) is 116 Å². The summed E-state index contributed by atoms with van der Waals surface area (Å²) in [5, 5.41) is 27.0. The van der Waals surface area contributed by atoms with E-state index in [9.17, 15) is 0 Å². The van der Waals surface area contributed by atoms with Crippen LogP contribution < -0.4 is 0 Å². The van der Waals surface area contributed by atoms with Crippen LogP contribution in [0, 0.1) is 0 Å². The van der Waals surface area contributed by atoms with Gasteiger partial charge in [0.15, 0.2) is 0 Å². The van der Waals surface area contributed by atoms with Crippen molar-refractivity contribution < 1.29 is 30.0 Å². The fourth-order valence-electron chi connectivity index (χ4n) is 5.84. The highest BCUT2D eigenvalue weighted by Gasteiger charge is 1.98. The smallest absolute Gasteiger partial charge is 0.324 e. The lowest BCUT2D eigenvalue weighted by Crippen LogP contribution is -1.94. The van der Waals surface area contributed by atoms with Crippen molar-refractivity contribution in [2.24, 2.45) is 0 Å². The Morgan fingerprint density at radius 1 is 0.297 bits per heavy atom. The van der Waals surface area contributed by atoms with Gasteiger partial charge >= 0.3 is 8.60 Å². The van der Waals surface area contributed by atoms with E-state index in [0.29, 0.717) is 0 Å². The molecule has 3 atom stereocenters. The average Bonchev–Trinajstić information content (AvgIpc) is 3.25. The molecule has 0 saturated carbocycles. The van der Waals surface area contributed by atoms with Gasteiger partial charge in [-0.15, -0.1) is 37.9 Å². The zero-order valence-corrected chi connectivity index (χ0v) is 44.4. The Hall–Kier alpha value is -1.10. The Kier molecular flexibility index (Phi) is 71.8. The fourth-order valence-corrected chi connectivity index (χ4v) is 6.39. The highest BCUT2D eigenvalue weighted by atomic mass is 32.1. The van der Waals surface area contributed by atoms with Crippen molar-refractivity contribution in [1.82, 2.24) is 0 Å². The molecule has 10 heteroatoms. The monoisotopic (exact) mass is 971 g/mol. The predicted octanol–water partition coefficient (Wildman–Crippen LogP) is 16.7. The first-order chi connectivity index (χ1) is 31.0. The van der Waals surface area contributed by atoms with E-state index in [2.05, 4.69) is 168 Å². The van der Waals surface area contributed by atoms with Crippen LogP contribution in [0.25, 0.3) is 0 Å². The second-order valence-corrected chi connectivity index (χ2v) is 18.0. The summed E-state index contributed by atoms with van der Waals surface area (Å²) in [6.45, 7) is 6.48. The van der Waals surface area contributed by atoms with Crippen molar-refractivity contribution in [2.45, 2.75) is 230 Å². The van der Waals surface area contributed by atoms with Gasteiger partial charge in [0.05, 0.1) is 16.3 Å². The third kappa shape index (κ3) is 87.8. The van der Waals surface area contributed by atoms with Crippen LogP contribution in [-0.2, 0) is 0 Å². The Labute approximate surface area is 413 Å². The zero-order valence-electron chi connectivity index (χ0n) is 40.8. The maximum Gasteiger partial charge on any atom is 0.324 e. The molecule has 0 aromatic carbocycles. The topological polar surface area (TPSA) is 121 Å². The van der Waals surface area contributed by atoms with E-state index in [1.807, 2.05) is 0 Å². The molecule has 3 unspecified atom stereocenters. The molecule has 0 aliphatic carbocycles. The summed E-state index contributed by atoms with van der Waals surface area (Å²) < 4.78 is 0. The molecule has 374 valence electrons. The van der Waals surface area contributed by atoms with Crippen molar-refractivity contribution in [2.75, 3.05) is 0 Å². The van der Waals surface area contributed by atoms with Gasteiger partial charge in [-0.25, -0.2) is 0 Å². The number of aliphatic hydroxyl groups is 3. The number of hydrogen-bond donors (Lipinski definition) is 9. The molecule has 0 bridgehead atoms. The zero-order chi connectivity index (χ0) is 48.3. The van der Waals surface area contributed by atoms with Crippen LogP contribution in [0.2, 0.25) is 0 Å². The molecule has 64 heavy (non-hydrogen) atoms. The van der Waals surface area contributed by atoms with Gasteiger partial charge in [0.2, 0.25) is 0 Å². The molecule has 0 spiro atoms. The number of hydrogen-bond acceptors (Lipinski definition) is 9. The van der Waals surface area contributed by atoms with E-state index in [-0.39, 0.29) is 0 Å². The molecule has 0 amide bonds. The van der Waals surface area contributed by atoms with Gasteiger partial charge in [-0.3, -0.25) is 0 Å². The average molecular weight is 972 g/mol. The fraction of sp³-hybridized carbons (Fsp3) is 0.667. The SMILES string of the molecule is CC/C=C\C/C=C\C/C=C\CCCCCCCC(O)S.CC/C=C\C/C=C\C/C=C\CCCCCCCC(O)S.CC/C=C\C/C=C\C/C=C\CCCCCCCC(O)S.OP(O)O. The van der Waals surface area contributed by atoms with Crippen LogP contribution in [-0.4, -0.2) is 46.3 Å². The van der Waals surface area contributed by atoms with E-state index in [1.165, 1.54) is 96.3 Å².